The molecule has 0 unspecified atom stereocenters. The van der Waals surface area contributed by atoms with E-state index in [0.29, 0.717) is 38.6 Å². The fourth-order valence-electron chi connectivity index (χ4n) is 3.14. The van der Waals surface area contributed by atoms with Crippen molar-refractivity contribution in [3.05, 3.63) is 40.8 Å². The number of aromatic nitrogens is 3. The fourth-order valence-corrected chi connectivity index (χ4v) is 3.32. The quantitative estimate of drug-likeness (QED) is 0.487. The number of hydrogen-bond acceptors (Lipinski definition) is 5. The summed E-state index contributed by atoms with van der Waals surface area (Å²) in [6.45, 7) is 1.60. The first-order chi connectivity index (χ1) is 12.4. The molecular weight excluding hydrogens is 361 g/mol. The number of aromatic hydroxyl groups is 2. The van der Waals surface area contributed by atoms with Crippen molar-refractivity contribution in [1.29, 1.82) is 0 Å². The maximum Gasteiger partial charge on any atom is 0.197 e. The molecule has 6 nitrogen and oxygen atoms in total. The lowest BCUT2D eigenvalue weighted by molar-refractivity contribution is 0.353. The van der Waals surface area contributed by atoms with Crippen LogP contribution in [-0.4, -0.2) is 32.5 Å². The van der Waals surface area contributed by atoms with Crippen LogP contribution in [0.4, 0.5) is 4.39 Å². The van der Waals surface area contributed by atoms with Gasteiger partial charge < -0.3 is 14.9 Å². The number of phenolic OH excluding ortho intramolecular Hbond substituents is 2. The van der Waals surface area contributed by atoms with Crippen molar-refractivity contribution in [3.8, 4) is 28.5 Å². The summed E-state index contributed by atoms with van der Waals surface area (Å²) in [5.74, 6) is -1.35. The lowest BCUT2D eigenvalue weighted by Crippen LogP contribution is -1.98. The zero-order valence-corrected chi connectivity index (χ0v) is 14.5. The zero-order valence-electron chi connectivity index (χ0n) is 13.8. The average molecular weight is 374 g/mol. The summed E-state index contributed by atoms with van der Waals surface area (Å²) in [7, 11) is 1.28. The van der Waals surface area contributed by atoms with Crippen molar-refractivity contribution in [3.63, 3.8) is 0 Å². The molecule has 26 heavy (non-hydrogen) atoms. The Labute approximate surface area is 151 Å². The van der Waals surface area contributed by atoms with Crippen molar-refractivity contribution in [2.75, 3.05) is 7.11 Å². The molecule has 0 aliphatic rings. The largest absolute Gasteiger partial charge is 0.506 e. The number of H-pyrrole nitrogens is 1. The molecule has 0 fully saturated rings. The van der Waals surface area contributed by atoms with Crippen LogP contribution in [0.1, 0.15) is 5.56 Å². The van der Waals surface area contributed by atoms with Gasteiger partial charge in [-0.15, -0.1) is 0 Å². The Morgan fingerprint density at radius 1 is 1.23 bits per heavy atom. The highest BCUT2D eigenvalue weighted by Crippen LogP contribution is 2.46. The number of aryl methyl sites for hydroxylation is 1. The van der Waals surface area contributed by atoms with Crippen molar-refractivity contribution >= 4 is 33.4 Å². The number of ether oxygens (including phenoxy) is 1. The van der Waals surface area contributed by atoms with E-state index in [0.717, 1.165) is 0 Å². The number of phenols is 2. The SMILES string of the molecule is COc1c(F)c(C)c2c(c(-c3ccc(O)c(Cl)c3)nc3[nH]ncc32)c1O. The van der Waals surface area contributed by atoms with E-state index in [1.54, 1.807) is 13.0 Å². The number of methoxy groups -OCH3 is 1. The minimum Gasteiger partial charge on any atom is -0.506 e. The van der Waals surface area contributed by atoms with Gasteiger partial charge in [0.25, 0.3) is 0 Å². The molecule has 2 aromatic heterocycles. The molecule has 132 valence electrons. The summed E-state index contributed by atoms with van der Waals surface area (Å²) in [4.78, 5) is 4.52. The zero-order chi connectivity index (χ0) is 18.6. The molecule has 0 aliphatic carbocycles. The van der Waals surface area contributed by atoms with Crippen LogP contribution in [0, 0.1) is 12.7 Å². The van der Waals surface area contributed by atoms with Crippen molar-refractivity contribution in [1.82, 2.24) is 15.2 Å². The van der Waals surface area contributed by atoms with Gasteiger partial charge in [0.1, 0.15) is 5.75 Å². The van der Waals surface area contributed by atoms with Gasteiger partial charge in [0.05, 0.1) is 29.4 Å². The third kappa shape index (κ3) is 2.17. The second-order valence-electron chi connectivity index (χ2n) is 5.83. The Kier molecular flexibility index (Phi) is 3.62. The topological polar surface area (TPSA) is 91.3 Å². The summed E-state index contributed by atoms with van der Waals surface area (Å²) in [6.07, 6.45) is 1.52. The molecule has 3 N–H and O–H groups in total. The fraction of sp³-hybridized carbons (Fsp3) is 0.111. The maximum absolute atomic E-state index is 14.7. The van der Waals surface area contributed by atoms with E-state index in [1.807, 2.05) is 0 Å². The van der Waals surface area contributed by atoms with Gasteiger partial charge in [-0.25, -0.2) is 9.37 Å². The van der Waals surface area contributed by atoms with Crippen LogP contribution in [0.2, 0.25) is 5.02 Å². The first kappa shape index (κ1) is 16.4. The number of fused-ring (bicyclic) bond motifs is 3. The van der Waals surface area contributed by atoms with Crippen LogP contribution >= 0.6 is 11.6 Å². The Hall–Kier alpha value is -3.06. The van der Waals surface area contributed by atoms with Crippen LogP contribution in [0.5, 0.6) is 17.2 Å². The highest BCUT2D eigenvalue weighted by atomic mass is 35.5. The summed E-state index contributed by atoms with van der Waals surface area (Å²) in [5.41, 5.74) is 1.63. The number of nitrogens with one attached hydrogen (secondary N) is 1. The Bertz CT molecular complexity index is 1190. The lowest BCUT2D eigenvalue weighted by Gasteiger charge is -2.15. The van der Waals surface area contributed by atoms with Gasteiger partial charge in [0.15, 0.2) is 23.0 Å². The van der Waals surface area contributed by atoms with Crippen LogP contribution in [0.15, 0.2) is 24.4 Å². The number of benzene rings is 2. The number of rotatable bonds is 2. The normalized spacial score (nSPS) is 11.4. The van der Waals surface area contributed by atoms with Crippen molar-refractivity contribution < 1.29 is 19.3 Å². The average Bonchev–Trinajstić information content (AvgIpc) is 3.09. The third-order valence-corrected chi connectivity index (χ3v) is 4.68. The number of hydrogen-bond donors (Lipinski definition) is 3. The van der Waals surface area contributed by atoms with Gasteiger partial charge in [-0.2, -0.15) is 5.10 Å². The van der Waals surface area contributed by atoms with Gasteiger partial charge in [0, 0.05) is 16.3 Å². The predicted octanol–water partition coefficient (Wildman–Crippen LogP) is 4.30. The molecular formula is C18H13ClFN3O3. The first-order valence-electron chi connectivity index (χ1n) is 7.64. The van der Waals surface area contributed by atoms with E-state index < -0.39 is 5.82 Å². The summed E-state index contributed by atoms with van der Waals surface area (Å²) in [5, 5.41) is 28.6. The molecule has 0 amide bonds. The van der Waals surface area contributed by atoms with Crippen LogP contribution in [-0.2, 0) is 0 Å². The molecule has 2 heterocycles. The van der Waals surface area contributed by atoms with Gasteiger partial charge in [0.2, 0.25) is 0 Å². The summed E-state index contributed by atoms with van der Waals surface area (Å²) >= 11 is 6.02. The van der Waals surface area contributed by atoms with Crippen molar-refractivity contribution in [2.24, 2.45) is 0 Å². The predicted molar refractivity (Wildman–Crippen MR) is 96.4 cm³/mol. The molecule has 2 aromatic carbocycles. The maximum atomic E-state index is 14.7. The number of pyridine rings is 1. The molecule has 0 bridgehead atoms. The molecule has 4 rings (SSSR count). The highest BCUT2D eigenvalue weighted by molar-refractivity contribution is 6.32. The molecule has 0 spiro atoms. The standard InChI is InChI=1S/C18H13ClFN3O3/c1-7-12-9-6-21-23-18(9)22-15(8-3-4-11(24)10(19)5-8)13(12)16(25)17(26-2)14(7)20/h3-6,24-25H,1-2H3,(H,21,22,23). The number of nitrogens with zero attached hydrogens (tertiary/aromatic N) is 2. The van der Waals surface area contributed by atoms with E-state index in [-0.39, 0.29) is 22.3 Å². The van der Waals surface area contributed by atoms with E-state index in [9.17, 15) is 14.6 Å². The highest BCUT2D eigenvalue weighted by Gasteiger charge is 2.24. The Morgan fingerprint density at radius 2 is 2.00 bits per heavy atom. The number of halogens is 2. The molecule has 0 aliphatic heterocycles. The van der Waals surface area contributed by atoms with Crippen LogP contribution < -0.4 is 4.74 Å². The monoisotopic (exact) mass is 373 g/mol. The lowest BCUT2D eigenvalue weighted by atomic mass is 9.96. The van der Waals surface area contributed by atoms with Crippen LogP contribution in [0.3, 0.4) is 0 Å². The molecule has 0 atom stereocenters. The number of aromatic amines is 1. The van der Waals surface area contributed by atoms with Gasteiger partial charge in [-0.3, -0.25) is 5.10 Å². The summed E-state index contributed by atoms with van der Waals surface area (Å²) < 4.78 is 19.7. The molecule has 0 saturated carbocycles. The van der Waals surface area contributed by atoms with Gasteiger partial charge in [-0.05, 0) is 30.7 Å². The van der Waals surface area contributed by atoms with E-state index in [2.05, 4.69) is 15.2 Å². The van der Waals surface area contributed by atoms with E-state index in [4.69, 9.17) is 16.3 Å². The molecule has 0 radical (unpaired) electrons. The molecule has 0 saturated heterocycles. The minimum absolute atomic E-state index is 0.0774. The molecule has 4 aromatic rings. The van der Waals surface area contributed by atoms with Gasteiger partial charge >= 0.3 is 0 Å². The van der Waals surface area contributed by atoms with Crippen molar-refractivity contribution in [2.45, 2.75) is 6.92 Å². The first-order valence-corrected chi connectivity index (χ1v) is 8.02. The van der Waals surface area contributed by atoms with E-state index in [1.165, 1.54) is 25.4 Å². The minimum atomic E-state index is -0.652. The van der Waals surface area contributed by atoms with Crippen LogP contribution in [0.25, 0.3) is 33.1 Å². The Balaban J connectivity index is 2.24. The van der Waals surface area contributed by atoms with E-state index >= 15 is 0 Å². The summed E-state index contributed by atoms with van der Waals surface area (Å²) in [6, 6.07) is 4.55. The Morgan fingerprint density at radius 3 is 2.69 bits per heavy atom. The third-order valence-electron chi connectivity index (χ3n) is 4.38. The molecule has 8 heteroatoms. The second-order valence-corrected chi connectivity index (χ2v) is 6.24. The second kappa shape index (κ2) is 5.74. The smallest absolute Gasteiger partial charge is 0.197 e. The van der Waals surface area contributed by atoms with Gasteiger partial charge in [-0.1, -0.05) is 11.6 Å².